The van der Waals surface area contributed by atoms with Crippen LogP contribution in [0.25, 0.3) is 0 Å². The van der Waals surface area contributed by atoms with Crippen LogP contribution >= 0.6 is 0 Å². The number of nitrogens with zero attached hydrogens (tertiary/aromatic N) is 2. The highest BCUT2D eigenvalue weighted by atomic mass is 32.2. The van der Waals surface area contributed by atoms with Crippen LogP contribution in [0.5, 0.6) is 0 Å². The van der Waals surface area contributed by atoms with Crippen molar-refractivity contribution in [2.45, 2.75) is 6.10 Å². The average Bonchev–Trinajstić information content (AvgIpc) is 2.88. The zero-order valence-corrected chi connectivity index (χ0v) is 9.16. The van der Waals surface area contributed by atoms with E-state index in [9.17, 15) is 8.42 Å². The zero-order chi connectivity index (χ0) is 10.2. The summed E-state index contributed by atoms with van der Waals surface area (Å²) in [6.07, 6.45) is 1.67. The van der Waals surface area contributed by atoms with E-state index in [1.165, 1.54) is 10.6 Å². The molecule has 0 aromatic heterocycles. The molecule has 2 fully saturated rings. The Hall–Kier alpha value is -0.170. The molecule has 0 amide bonds. The fourth-order valence-electron chi connectivity index (χ4n) is 1.71. The number of rotatable bonds is 3. The topological polar surface area (TPSA) is 53.2 Å². The predicted molar refractivity (Wildman–Crippen MR) is 52.6 cm³/mol. The minimum atomic E-state index is -2.99. The Morgan fingerprint density at radius 3 is 2.29 bits per heavy atom. The van der Waals surface area contributed by atoms with Gasteiger partial charge >= 0.3 is 0 Å². The van der Waals surface area contributed by atoms with Crippen molar-refractivity contribution in [2.75, 3.05) is 45.6 Å². The van der Waals surface area contributed by atoms with Gasteiger partial charge in [-0.1, -0.05) is 0 Å². The maximum atomic E-state index is 11.2. The van der Waals surface area contributed by atoms with E-state index in [1.54, 1.807) is 0 Å². The molecule has 0 saturated carbocycles. The molecule has 14 heavy (non-hydrogen) atoms. The van der Waals surface area contributed by atoms with Gasteiger partial charge in [0, 0.05) is 32.7 Å². The highest BCUT2D eigenvalue weighted by Gasteiger charge is 2.29. The third-order valence-corrected chi connectivity index (χ3v) is 3.97. The third-order valence-electron chi connectivity index (χ3n) is 2.66. The molecule has 2 rings (SSSR count). The molecule has 0 aromatic rings. The van der Waals surface area contributed by atoms with Gasteiger partial charge < -0.3 is 4.74 Å². The average molecular weight is 220 g/mol. The molecule has 2 aliphatic rings. The van der Waals surface area contributed by atoms with Gasteiger partial charge in [-0.25, -0.2) is 8.42 Å². The molecule has 0 bridgehead atoms. The first-order chi connectivity index (χ1) is 6.55. The van der Waals surface area contributed by atoms with Gasteiger partial charge in [-0.05, 0) is 0 Å². The molecule has 2 saturated heterocycles. The normalized spacial score (nSPS) is 30.5. The molecule has 0 aliphatic carbocycles. The highest BCUT2D eigenvalue weighted by Crippen LogP contribution is 2.13. The lowest BCUT2D eigenvalue weighted by molar-refractivity contribution is 0.175. The second-order valence-electron chi connectivity index (χ2n) is 3.92. The molecule has 0 N–H and O–H groups in total. The number of piperazine rings is 1. The summed E-state index contributed by atoms with van der Waals surface area (Å²) in [6, 6.07) is 0. The van der Waals surface area contributed by atoms with Crippen molar-refractivity contribution in [2.24, 2.45) is 0 Å². The van der Waals surface area contributed by atoms with E-state index < -0.39 is 10.0 Å². The van der Waals surface area contributed by atoms with E-state index >= 15 is 0 Å². The maximum Gasteiger partial charge on any atom is 0.211 e. The SMILES string of the molecule is CS(=O)(=O)N1CCN(C[C@@H]2CO2)CC1. The quantitative estimate of drug-likeness (QED) is 0.570. The van der Waals surface area contributed by atoms with Gasteiger partial charge in [0.15, 0.2) is 0 Å². The molecular weight excluding hydrogens is 204 g/mol. The Kier molecular flexibility index (Phi) is 2.79. The van der Waals surface area contributed by atoms with Gasteiger partial charge in [0.25, 0.3) is 0 Å². The molecule has 0 aromatic carbocycles. The van der Waals surface area contributed by atoms with Crippen LogP contribution in [0.1, 0.15) is 0 Å². The lowest BCUT2D eigenvalue weighted by Crippen LogP contribution is -2.49. The van der Waals surface area contributed by atoms with Crippen molar-refractivity contribution in [3.05, 3.63) is 0 Å². The summed E-state index contributed by atoms with van der Waals surface area (Å²) in [5, 5.41) is 0. The van der Waals surface area contributed by atoms with Crippen molar-refractivity contribution in [3.63, 3.8) is 0 Å². The minimum Gasteiger partial charge on any atom is -0.372 e. The summed E-state index contributed by atoms with van der Waals surface area (Å²) in [7, 11) is -2.99. The first-order valence-electron chi connectivity index (χ1n) is 4.85. The number of hydrogen-bond donors (Lipinski definition) is 0. The van der Waals surface area contributed by atoms with E-state index in [0.29, 0.717) is 19.2 Å². The van der Waals surface area contributed by atoms with E-state index in [4.69, 9.17) is 4.74 Å². The molecule has 0 unspecified atom stereocenters. The molecule has 2 aliphatic heterocycles. The highest BCUT2D eigenvalue weighted by molar-refractivity contribution is 7.88. The summed E-state index contributed by atoms with van der Waals surface area (Å²) in [5.41, 5.74) is 0. The Bertz CT molecular complexity index is 292. The zero-order valence-electron chi connectivity index (χ0n) is 8.35. The molecule has 2 heterocycles. The van der Waals surface area contributed by atoms with Crippen molar-refractivity contribution in [3.8, 4) is 0 Å². The first kappa shape index (κ1) is 10.4. The van der Waals surface area contributed by atoms with Crippen LogP contribution in [0.15, 0.2) is 0 Å². The Labute approximate surface area is 84.7 Å². The lowest BCUT2D eigenvalue weighted by Gasteiger charge is -2.32. The molecule has 6 heteroatoms. The second-order valence-corrected chi connectivity index (χ2v) is 5.90. The standard InChI is InChI=1S/C8H16N2O3S/c1-14(11,12)10-4-2-9(3-5-10)6-8-7-13-8/h8H,2-7H2,1H3/t8-/m1/s1. The third kappa shape index (κ3) is 2.66. The second kappa shape index (κ2) is 3.77. The number of ether oxygens (including phenoxy) is 1. The first-order valence-corrected chi connectivity index (χ1v) is 6.69. The molecule has 1 atom stereocenters. The molecule has 0 radical (unpaired) electrons. The minimum absolute atomic E-state index is 0.403. The van der Waals surface area contributed by atoms with Crippen molar-refractivity contribution in [1.82, 2.24) is 9.21 Å². The van der Waals surface area contributed by atoms with Gasteiger partial charge in [-0.2, -0.15) is 4.31 Å². The summed E-state index contributed by atoms with van der Waals surface area (Å²) >= 11 is 0. The van der Waals surface area contributed by atoms with Crippen LogP contribution in [0.2, 0.25) is 0 Å². The number of sulfonamides is 1. The largest absolute Gasteiger partial charge is 0.372 e. The van der Waals surface area contributed by atoms with E-state index in [0.717, 1.165) is 26.2 Å². The summed E-state index contributed by atoms with van der Waals surface area (Å²) in [5.74, 6) is 0. The maximum absolute atomic E-state index is 11.2. The van der Waals surface area contributed by atoms with Crippen molar-refractivity contribution in [1.29, 1.82) is 0 Å². The van der Waals surface area contributed by atoms with E-state index in [2.05, 4.69) is 4.90 Å². The van der Waals surface area contributed by atoms with Crippen molar-refractivity contribution >= 4 is 10.0 Å². The van der Waals surface area contributed by atoms with Crippen LogP contribution in [-0.4, -0.2) is 69.3 Å². The summed E-state index contributed by atoms with van der Waals surface area (Å²) < 4.78 is 29.1. The Morgan fingerprint density at radius 2 is 1.86 bits per heavy atom. The predicted octanol–water partition coefficient (Wildman–Crippen LogP) is -1.04. The number of hydrogen-bond acceptors (Lipinski definition) is 4. The summed E-state index contributed by atoms with van der Waals surface area (Å²) in [6.45, 7) is 4.71. The van der Waals surface area contributed by atoms with Crippen LogP contribution in [-0.2, 0) is 14.8 Å². The summed E-state index contributed by atoms with van der Waals surface area (Å²) in [4.78, 5) is 2.26. The van der Waals surface area contributed by atoms with Crippen LogP contribution < -0.4 is 0 Å². The Morgan fingerprint density at radius 1 is 1.29 bits per heavy atom. The van der Waals surface area contributed by atoms with Crippen molar-refractivity contribution < 1.29 is 13.2 Å². The Balaban J connectivity index is 1.79. The van der Waals surface area contributed by atoms with Gasteiger partial charge in [-0.3, -0.25) is 4.90 Å². The van der Waals surface area contributed by atoms with Gasteiger partial charge in [0.1, 0.15) is 0 Å². The number of epoxide rings is 1. The molecule has 0 spiro atoms. The lowest BCUT2D eigenvalue weighted by atomic mass is 10.3. The monoisotopic (exact) mass is 220 g/mol. The van der Waals surface area contributed by atoms with Crippen LogP contribution in [0.4, 0.5) is 0 Å². The van der Waals surface area contributed by atoms with Gasteiger partial charge in [0.05, 0.1) is 19.0 Å². The molecular formula is C8H16N2O3S. The van der Waals surface area contributed by atoms with E-state index in [-0.39, 0.29) is 0 Å². The van der Waals surface area contributed by atoms with E-state index in [1.807, 2.05) is 0 Å². The van der Waals surface area contributed by atoms with Gasteiger partial charge in [-0.15, -0.1) is 0 Å². The smallest absolute Gasteiger partial charge is 0.211 e. The van der Waals surface area contributed by atoms with Crippen LogP contribution in [0, 0.1) is 0 Å². The fraction of sp³-hybridized carbons (Fsp3) is 1.00. The fourth-order valence-corrected chi connectivity index (χ4v) is 2.53. The molecule has 5 nitrogen and oxygen atoms in total. The van der Waals surface area contributed by atoms with Gasteiger partial charge in [0.2, 0.25) is 10.0 Å². The molecule has 82 valence electrons. The van der Waals surface area contributed by atoms with Crippen LogP contribution in [0.3, 0.4) is 0 Å².